The van der Waals surface area contributed by atoms with Gasteiger partial charge >= 0.3 is 0 Å². The Bertz CT molecular complexity index is 585. The maximum absolute atomic E-state index is 12.7. The Kier molecular flexibility index (Phi) is 4.82. The summed E-state index contributed by atoms with van der Waals surface area (Å²) < 4.78 is 0. The second-order valence-corrected chi connectivity index (χ2v) is 9.53. The van der Waals surface area contributed by atoms with Crippen molar-refractivity contribution in [1.82, 2.24) is 19.9 Å². The monoisotopic (exact) mass is 368 g/mol. The second-order valence-electron chi connectivity index (χ2n) is 9.53. The van der Waals surface area contributed by atoms with Crippen LogP contribution in [0.5, 0.6) is 0 Å². The fourth-order valence-corrected chi connectivity index (χ4v) is 3.91. The van der Waals surface area contributed by atoms with Crippen molar-refractivity contribution in [3.05, 3.63) is 12.4 Å². The van der Waals surface area contributed by atoms with E-state index >= 15 is 0 Å². The zero-order valence-electron chi connectivity index (χ0n) is 17.1. The zero-order valence-corrected chi connectivity index (χ0v) is 17.1. The number of nitrogens with zero attached hydrogens (tertiary/aromatic N) is 4. The molecule has 0 radical (unpaired) electrons. The molecule has 0 aromatic heterocycles. The first-order chi connectivity index (χ1) is 11.5. The third-order valence-electron chi connectivity index (χ3n) is 5.32. The van der Waals surface area contributed by atoms with Crippen molar-refractivity contribution >= 4 is 11.8 Å². The molecule has 0 spiro atoms. The summed E-state index contributed by atoms with van der Waals surface area (Å²) in [5, 5.41) is 22.9. The van der Waals surface area contributed by atoms with Crippen molar-refractivity contribution in [2.45, 2.75) is 77.5 Å². The standard InChI is InChI=1S/C18H32N4O4/c1-15(2)11-19(13(23)17(5,6)21(15)25)9-10-20-12-16(3,4)22(26)18(7,8)14(20)24/h9-10,25-26H,11-12H2,1-8H3. The van der Waals surface area contributed by atoms with Crippen molar-refractivity contribution in [3.8, 4) is 0 Å². The number of amides is 2. The SMILES string of the molecule is CC1(C)CN(C=CN2CC(C)(C)N(O)C(C)(C)C2=O)C(=O)C(C)(C)N1O. The van der Waals surface area contributed by atoms with Crippen LogP contribution in [0.1, 0.15) is 55.4 Å². The smallest absolute Gasteiger partial charge is 0.248 e. The summed E-state index contributed by atoms with van der Waals surface area (Å²) in [5.41, 5.74) is -3.40. The Balaban J connectivity index is 2.29. The molecule has 2 saturated heterocycles. The first-order valence-corrected chi connectivity index (χ1v) is 8.84. The average Bonchev–Trinajstić information content (AvgIpc) is 2.51. The number of hydrogen-bond donors (Lipinski definition) is 2. The lowest BCUT2D eigenvalue weighted by molar-refractivity contribution is -0.245. The minimum atomic E-state index is -1.07. The average molecular weight is 368 g/mol. The largest absolute Gasteiger partial charge is 0.314 e. The summed E-state index contributed by atoms with van der Waals surface area (Å²) in [5.74, 6) is -0.496. The molecule has 0 unspecified atom stereocenters. The van der Waals surface area contributed by atoms with Gasteiger partial charge in [-0.1, -0.05) is 0 Å². The zero-order chi connectivity index (χ0) is 20.3. The van der Waals surface area contributed by atoms with Crippen LogP contribution in [0.15, 0.2) is 12.4 Å². The van der Waals surface area contributed by atoms with Crippen LogP contribution in [-0.4, -0.2) is 77.4 Å². The number of rotatable bonds is 2. The minimum absolute atomic E-state index is 0.248. The van der Waals surface area contributed by atoms with Gasteiger partial charge in [0, 0.05) is 25.5 Å². The predicted molar refractivity (Wildman–Crippen MR) is 96.1 cm³/mol. The molecule has 2 aliphatic rings. The van der Waals surface area contributed by atoms with Gasteiger partial charge in [0.1, 0.15) is 11.1 Å². The lowest BCUT2D eigenvalue weighted by Crippen LogP contribution is -2.70. The van der Waals surface area contributed by atoms with E-state index in [0.29, 0.717) is 13.1 Å². The van der Waals surface area contributed by atoms with Crippen molar-refractivity contribution in [2.24, 2.45) is 0 Å². The third-order valence-corrected chi connectivity index (χ3v) is 5.32. The van der Waals surface area contributed by atoms with Crippen molar-refractivity contribution in [2.75, 3.05) is 13.1 Å². The van der Waals surface area contributed by atoms with Crippen LogP contribution in [0.3, 0.4) is 0 Å². The Labute approximate surface area is 155 Å². The number of hydroxylamine groups is 4. The first kappa shape index (κ1) is 20.8. The van der Waals surface area contributed by atoms with Crippen molar-refractivity contribution < 1.29 is 20.0 Å². The molecular weight excluding hydrogens is 336 g/mol. The van der Waals surface area contributed by atoms with Gasteiger partial charge in [0.15, 0.2) is 0 Å². The molecule has 26 heavy (non-hydrogen) atoms. The van der Waals surface area contributed by atoms with Gasteiger partial charge in [0.2, 0.25) is 11.8 Å². The second kappa shape index (κ2) is 6.02. The molecule has 2 aliphatic heterocycles. The van der Waals surface area contributed by atoms with Gasteiger partial charge in [-0.05, 0) is 55.4 Å². The van der Waals surface area contributed by atoms with E-state index in [4.69, 9.17) is 0 Å². The Morgan fingerprint density at radius 1 is 0.692 bits per heavy atom. The molecule has 2 amide bonds. The molecule has 2 rings (SSSR count). The number of carbonyl (C=O) groups excluding carboxylic acids is 2. The Hall–Kier alpha value is -1.48. The lowest BCUT2D eigenvalue weighted by atomic mass is 9.89. The number of hydrogen-bond acceptors (Lipinski definition) is 6. The molecule has 0 aromatic rings. The summed E-state index contributed by atoms with van der Waals surface area (Å²) in [6, 6.07) is 0. The van der Waals surface area contributed by atoms with Gasteiger partial charge in [-0.25, -0.2) is 0 Å². The topological polar surface area (TPSA) is 87.6 Å². The molecule has 0 bridgehead atoms. The summed E-state index contributed by atoms with van der Waals surface area (Å²) in [4.78, 5) is 28.5. The fourth-order valence-electron chi connectivity index (χ4n) is 3.91. The van der Waals surface area contributed by atoms with Crippen LogP contribution in [0, 0.1) is 0 Å². The number of piperazine rings is 2. The highest BCUT2D eigenvalue weighted by atomic mass is 16.5. The van der Waals surface area contributed by atoms with Crippen LogP contribution < -0.4 is 0 Å². The minimum Gasteiger partial charge on any atom is -0.314 e. The molecule has 2 heterocycles. The van der Waals surface area contributed by atoms with Crippen LogP contribution in [0.25, 0.3) is 0 Å². The summed E-state index contributed by atoms with van der Waals surface area (Å²) in [6.45, 7) is 14.7. The summed E-state index contributed by atoms with van der Waals surface area (Å²) in [6.07, 6.45) is 3.19. The van der Waals surface area contributed by atoms with Gasteiger partial charge in [-0.3, -0.25) is 9.59 Å². The van der Waals surface area contributed by atoms with Crippen molar-refractivity contribution in [1.29, 1.82) is 0 Å². The van der Waals surface area contributed by atoms with Crippen LogP contribution in [-0.2, 0) is 9.59 Å². The highest BCUT2D eigenvalue weighted by molar-refractivity contribution is 5.88. The van der Waals surface area contributed by atoms with Crippen LogP contribution in [0.4, 0.5) is 0 Å². The van der Waals surface area contributed by atoms with E-state index in [9.17, 15) is 20.0 Å². The molecule has 0 aromatic carbocycles. The maximum atomic E-state index is 12.7. The fraction of sp³-hybridized carbons (Fsp3) is 0.778. The maximum Gasteiger partial charge on any atom is 0.248 e. The van der Waals surface area contributed by atoms with Gasteiger partial charge in [-0.2, -0.15) is 10.1 Å². The number of carbonyl (C=O) groups is 2. The molecule has 0 aliphatic carbocycles. The first-order valence-electron chi connectivity index (χ1n) is 8.84. The van der Waals surface area contributed by atoms with E-state index in [2.05, 4.69) is 0 Å². The van der Waals surface area contributed by atoms with Gasteiger partial charge in [0.25, 0.3) is 0 Å². The van der Waals surface area contributed by atoms with E-state index in [1.54, 1.807) is 40.1 Å². The van der Waals surface area contributed by atoms with Crippen LogP contribution >= 0.6 is 0 Å². The normalized spacial score (nSPS) is 28.8. The van der Waals surface area contributed by atoms with Crippen molar-refractivity contribution in [3.63, 3.8) is 0 Å². The molecular formula is C18H32N4O4. The Morgan fingerprint density at radius 3 is 1.23 bits per heavy atom. The van der Waals surface area contributed by atoms with Gasteiger partial charge in [0.05, 0.1) is 11.1 Å². The Morgan fingerprint density at radius 2 is 0.962 bits per heavy atom. The molecule has 2 fully saturated rings. The van der Waals surface area contributed by atoms with Gasteiger partial charge < -0.3 is 20.2 Å². The van der Waals surface area contributed by atoms with E-state index in [-0.39, 0.29) is 11.8 Å². The molecule has 0 saturated carbocycles. The summed E-state index contributed by atoms with van der Waals surface area (Å²) >= 11 is 0. The predicted octanol–water partition coefficient (Wildman–Crippen LogP) is 1.64. The molecule has 2 N–H and O–H groups in total. The summed E-state index contributed by atoms with van der Waals surface area (Å²) in [7, 11) is 0. The van der Waals surface area contributed by atoms with Gasteiger partial charge in [-0.15, -0.1) is 0 Å². The third kappa shape index (κ3) is 3.15. The lowest BCUT2D eigenvalue weighted by Gasteiger charge is -2.52. The highest BCUT2D eigenvalue weighted by Crippen LogP contribution is 2.33. The molecule has 148 valence electrons. The molecule has 0 atom stereocenters. The molecule has 8 heteroatoms. The molecule has 8 nitrogen and oxygen atoms in total. The van der Waals surface area contributed by atoms with E-state index < -0.39 is 22.2 Å². The van der Waals surface area contributed by atoms with E-state index in [1.807, 2.05) is 27.7 Å². The quantitative estimate of drug-likeness (QED) is 0.770. The highest BCUT2D eigenvalue weighted by Gasteiger charge is 2.51. The van der Waals surface area contributed by atoms with E-state index in [0.717, 1.165) is 10.1 Å². The van der Waals surface area contributed by atoms with E-state index in [1.165, 1.54) is 9.80 Å². The van der Waals surface area contributed by atoms with Crippen LogP contribution in [0.2, 0.25) is 0 Å².